The molecule has 3 amide bonds. The lowest BCUT2D eigenvalue weighted by Gasteiger charge is -2.15. The Morgan fingerprint density at radius 1 is 1.15 bits per heavy atom. The fourth-order valence-corrected chi connectivity index (χ4v) is 4.19. The van der Waals surface area contributed by atoms with Crippen molar-refractivity contribution >= 4 is 34.2 Å². The van der Waals surface area contributed by atoms with Crippen LogP contribution in [0.3, 0.4) is 0 Å². The zero-order chi connectivity index (χ0) is 24.1. The number of aryl methyl sites for hydroxylation is 1. The summed E-state index contributed by atoms with van der Waals surface area (Å²) in [5.74, 6) is -0.602. The quantitative estimate of drug-likeness (QED) is 0.469. The van der Waals surface area contributed by atoms with Crippen molar-refractivity contribution in [3.63, 3.8) is 0 Å². The number of imide groups is 1. The Morgan fingerprint density at radius 2 is 1.85 bits per heavy atom. The number of hydrogen-bond donors (Lipinski definition) is 1. The first-order chi connectivity index (χ1) is 16.4. The molecule has 1 aliphatic heterocycles. The monoisotopic (exact) mass is 482 g/mol. The Bertz CT molecular complexity index is 1200. The summed E-state index contributed by atoms with van der Waals surface area (Å²) in [6, 6.07) is 9.49. The summed E-state index contributed by atoms with van der Waals surface area (Å²) in [5, 5.41) is 3.25. The number of ether oxygens (including phenoxy) is 1. The van der Waals surface area contributed by atoms with Gasteiger partial charge >= 0.3 is 0 Å². The highest BCUT2D eigenvalue weighted by molar-refractivity contribution is 7.15. The molecule has 0 spiro atoms. The van der Waals surface area contributed by atoms with Crippen LogP contribution in [0.2, 0.25) is 0 Å². The molecule has 34 heavy (non-hydrogen) atoms. The molecule has 10 heteroatoms. The summed E-state index contributed by atoms with van der Waals surface area (Å²) >= 11 is 1.37. The summed E-state index contributed by atoms with van der Waals surface area (Å²) in [4.78, 5) is 47.4. The second-order valence-corrected chi connectivity index (χ2v) is 9.12. The molecule has 4 rings (SSSR count). The van der Waals surface area contributed by atoms with Gasteiger partial charge in [-0.15, -0.1) is 11.3 Å². The first kappa shape index (κ1) is 23.5. The maximum atomic E-state index is 13.1. The molecule has 1 aromatic carbocycles. The second kappa shape index (κ2) is 10.5. The van der Waals surface area contributed by atoms with E-state index in [1.807, 2.05) is 6.92 Å². The Hall–Kier alpha value is -3.66. The normalized spacial score (nSPS) is 13.4. The molecule has 1 aliphatic rings. The highest BCUT2D eigenvalue weighted by atomic mass is 32.1. The van der Waals surface area contributed by atoms with Crippen molar-refractivity contribution in [1.82, 2.24) is 14.9 Å². The van der Waals surface area contributed by atoms with Gasteiger partial charge < -0.3 is 10.1 Å². The van der Waals surface area contributed by atoms with Gasteiger partial charge in [0.2, 0.25) is 17.7 Å². The second-order valence-electron chi connectivity index (χ2n) is 7.89. The van der Waals surface area contributed by atoms with E-state index >= 15 is 0 Å². The zero-order valence-electron chi connectivity index (χ0n) is 18.5. The molecule has 2 aromatic heterocycles. The summed E-state index contributed by atoms with van der Waals surface area (Å²) in [7, 11) is 0. The van der Waals surface area contributed by atoms with Gasteiger partial charge in [0.1, 0.15) is 11.6 Å². The molecule has 0 radical (unpaired) electrons. The van der Waals surface area contributed by atoms with Crippen molar-refractivity contribution in [2.75, 3.05) is 11.9 Å². The predicted molar refractivity (Wildman–Crippen MR) is 124 cm³/mol. The topological polar surface area (TPSA) is 101 Å². The first-order valence-corrected chi connectivity index (χ1v) is 11.6. The lowest BCUT2D eigenvalue weighted by molar-refractivity contribution is -0.139. The van der Waals surface area contributed by atoms with Gasteiger partial charge in [-0.25, -0.2) is 9.37 Å². The Labute approximate surface area is 199 Å². The van der Waals surface area contributed by atoms with Crippen LogP contribution in [0.15, 0.2) is 42.6 Å². The maximum Gasteiger partial charge on any atom is 0.232 e. The summed E-state index contributed by atoms with van der Waals surface area (Å²) in [6.45, 7) is 2.24. The number of nitrogens with zero attached hydrogens (tertiary/aromatic N) is 3. The molecular formula is C24H23FN4O4S. The van der Waals surface area contributed by atoms with Gasteiger partial charge in [-0.1, -0.05) is 12.1 Å². The number of pyridine rings is 1. The third kappa shape index (κ3) is 6.22. The number of rotatable bonds is 9. The predicted octanol–water partition coefficient (Wildman–Crippen LogP) is 3.44. The fraction of sp³-hybridized carbons (Fsp3) is 0.292. The molecule has 0 bridgehead atoms. The average Bonchev–Trinajstić information content (AvgIpc) is 3.34. The third-order valence-electron chi connectivity index (χ3n) is 5.16. The minimum Gasteiger partial charge on any atom is -0.493 e. The van der Waals surface area contributed by atoms with Crippen molar-refractivity contribution < 1.29 is 23.5 Å². The molecule has 1 N–H and O–H groups in total. The van der Waals surface area contributed by atoms with Crippen LogP contribution in [0.25, 0.3) is 0 Å². The third-order valence-corrected chi connectivity index (χ3v) is 5.99. The van der Waals surface area contributed by atoms with E-state index in [2.05, 4.69) is 15.3 Å². The molecule has 0 atom stereocenters. The number of carbonyl (C=O) groups excluding carboxylic acids is 3. The van der Waals surface area contributed by atoms with Gasteiger partial charge in [0.25, 0.3) is 0 Å². The number of halogens is 1. The van der Waals surface area contributed by atoms with Gasteiger partial charge in [-0.3, -0.25) is 24.3 Å². The van der Waals surface area contributed by atoms with E-state index in [1.165, 1.54) is 28.4 Å². The van der Waals surface area contributed by atoms with E-state index in [9.17, 15) is 18.8 Å². The minimum atomic E-state index is -0.301. The van der Waals surface area contributed by atoms with Crippen molar-refractivity contribution in [1.29, 1.82) is 0 Å². The number of anilines is 1. The average molecular weight is 483 g/mol. The number of aromatic nitrogens is 2. The molecule has 176 valence electrons. The lowest BCUT2D eigenvalue weighted by atomic mass is 10.1. The molecule has 1 fully saturated rings. The van der Waals surface area contributed by atoms with E-state index in [-0.39, 0.29) is 49.3 Å². The van der Waals surface area contributed by atoms with Crippen LogP contribution in [-0.2, 0) is 33.8 Å². The Balaban J connectivity index is 1.47. The molecule has 0 saturated carbocycles. The van der Waals surface area contributed by atoms with E-state index in [0.717, 1.165) is 10.4 Å². The Kier molecular flexibility index (Phi) is 7.27. The van der Waals surface area contributed by atoms with Crippen LogP contribution < -0.4 is 10.1 Å². The van der Waals surface area contributed by atoms with Crippen LogP contribution in [0.4, 0.5) is 9.52 Å². The number of hydrogen-bond acceptors (Lipinski definition) is 7. The van der Waals surface area contributed by atoms with E-state index in [0.29, 0.717) is 35.3 Å². The summed E-state index contributed by atoms with van der Waals surface area (Å²) in [5.41, 5.74) is 1.82. The number of nitrogens with one attached hydrogen (secondary N) is 1. The molecule has 1 saturated heterocycles. The fourth-order valence-electron chi connectivity index (χ4n) is 3.51. The van der Waals surface area contributed by atoms with Gasteiger partial charge in [-0.05, 0) is 24.6 Å². The van der Waals surface area contributed by atoms with E-state index < -0.39 is 0 Å². The zero-order valence-corrected chi connectivity index (χ0v) is 19.4. The number of benzene rings is 1. The van der Waals surface area contributed by atoms with Crippen molar-refractivity contribution in [2.24, 2.45) is 0 Å². The van der Waals surface area contributed by atoms with Crippen LogP contribution in [0.5, 0.6) is 5.75 Å². The van der Waals surface area contributed by atoms with Crippen molar-refractivity contribution in [3.05, 3.63) is 70.2 Å². The molecular weight excluding hydrogens is 459 g/mol. The number of carbonyl (C=O) groups is 3. The standard InChI is InChI=1S/C24H23FN4O4S/c1-15-13-26-24(34-15)28-21(30)12-18-10-20(33-9-8-16-2-4-17(25)5-3-16)11-19(27-18)14-29-22(31)6-7-23(29)32/h2-5,10-11,13H,6-9,12,14H2,1H3,(H,26,28,30). The molecule has 0 aliphatic carbocycles. The highest BCUT2D eigenvalue weighted by Crippen LogP contribution is 2.21. The minimum absolute atomic E-state index is 0.0210. The van der Waals surface area contributed by atoms with Gasteiger partial charge in [0.05, 0.1) is 31.0 Å². The molecule has 8 nitrogen and oxygen atoms in total. The van der Waals surface area contributed by atoms with Gasteiger partial charge in [0, 0.05) is 42.5 Å². The number of likely N-dealkylation sites (tertiary alicyclic amines) is 1. The Morgan fingerprint density at radius 3 is 2.53 bits per heavy atom. The van der Waals surface area contributed by atoms with Gasteiger partial charge in [0.15, 0.2) is 5.13 Å². The maximum absolute atomic E-state index is 13.1. The lowest BCUT2D eigenvalue weighted by Crippen LogP contribution is -2.29. The molecule has 0 unspecified atom stereocenters. The van der Waals surface area contributed by atoms with E-state index in [4.69, 9.17) is 4.74 Å². The smallest absolute Gasteiger partial charge is 0.232 e. The number of thiazole rings is 1. The van der Waals surface area contributed by atoms with Crippen LogP contribution in [0, 0.1) is 12.7 Å². The van der Waals surface area contributed by atoms with Crippen LogP contribution in [0.1, 0.15) is 34.7 Å². The number of amides is 3. The van der Waals surface area contributed by atoms with Crippen LogP contribution in [-0.4, -0.2) is 39.2 Å². The molecule has 3 aromatic rings. The largest absolute Gasteiger partial charge is 0.493 e. The summed E-state index contributed by atoms with van der Waals surface area (Å²) < 4.78 is 19.0. The van der Waals surface area contributed by atoms with Crippen molar-refractivity contribution in [2.45, 2.75) is 39.2 Å². The van der Waals surface area contributed by atoms with Crippen LogP contribution >= 0.6 is 11.3 Å². The summed E-state index contributed by atoms with van der Waals surface area (Å²) in [6.07, 6.45) is 2.59. The van der Waals surface area contributed by atoms with Crippen molar-refractivity contribution in [3.8, 4) is 5.75 Å². The first-order valence-electron chi connectivity index (χ1n) is 10.8. The van der Waals surface area contributed by atoms with Gasteiger partial charge in [-0.2, -0.15) is 0 Å². The SMILES string of the molecule is Cc1cnc(NC(=O)Cc2cc(OCCc3ccc(F)cc3)cc(CN3C(=O)CCC3=O)n2)s1. The van der Waals surface area contributed by atoms with E-state index in [1.54, 1.807) is 30.5 Å². The molecule has 3 heterocycles. The highest BCUT2D eigenvalue weighted by Gasteiger charge is 2.29.